The molecule has 0 spiro atoms. The fraction of sp³-hybridized carbons (Fsp3) is 0.462. The molecule has 4 N–H and O–H groups in total. The summed E-state index contributed by atoms with van der Waals surface area (Å²) in [5, 5.41) is 2.85. The van der Waals surface area contributed by atoms with Gasteiger partial charge in [-0.1, -0.05) is 13.0 Å². The number of carbonyl (C=O) groups excluding carboxylic acids is 1. The van der Waals surface area contributed by atoms with Crippen LogP contribution in [-0.4, -0.2) is 12.5 Å². The Balaban J connectivity index is 2.07. The number of hydrogen-bond acceptors (Lipinski definition) is 3. The fourth-order valence-corrected chi connectivity index (χ4v) is 2.06. The zero-order valence-corrected chi connectivity index (χ0v) is 10.4. The molecule has 0 heterocycles. The minimum absolute atomic E-state index is 0.0383. The molecule has 0 saturated heterocycles. The van der Waals surface area contributed by atoms with Crippen LogP contribution in [0.25, 0.3) is 0 Å². The molecule has 1 aromatic carbocycles. The van der Waals surface area contributed by atoms with Crippen molar-refractivity contribution in [3.8, 4) is 0 Å². The summed E-state index contributed by atoms with van der Waals surface area (Å²) in [4.78, 5) is 12.0. The van der Waals surface area contributed by atoms with Gasteiger partial charge < -0.3 is 10.7 Å². The maximum atomic E-state index is 13.4. The van der Waals surface area contributed by atoms with E-state index in [1.54, 1.807) is 6.07 Å². The number of halogens is 1. The number of hydrogen-bond donors (Lipinski definition) is 3. The Morgan fingerprint density at radius 1 is 1.50 bits per heavy atom. The molecule has 1 amide bonds. The van der Waals surface area contributed by atoms with Gasteiger partial charge in [-0.25, -0.2) is 4.39 Å². The molecule has 0 aliphatic heterocycles. The van der Waals surface area contributed by atoms with Crippen LogP contribution in [0, 0.1) is 11.2 Å². The topological polar surface area (TPSA) is 67.2 Å². The minimum Gasteiger partial charge on any atom is -0.351 e. The summed E-state index contributed by atoms with van der Waals surface area (Å²) in [6.45, 7) is 2.76. The number of rotatable bonds is 5. The minimum atomic E-state index is -0.526. The van der Waals surface area contributed by atoms with E-state index < -0.39 is 5.82 Å². The standard InChI is InChI=1S/C13H18FN3O/c1-2-13(6-7-13)8-16-12(18)9-4-3-5-10(14)11(9)17-15/h3-5,17H,2,6-8,15H2,1H3,(H,16,18). The molecule has 5 heteroatoms. The Labute approximate surface area is 106 Å². The van der Waals surface area contributed by atoms with E-state index in [1.807, 2.05) is 0 Å². The number of nitrogen functional groups attached to an aromatic ring is 1. The molecule has 0 unspecified atom stereocenters. The molecule has 0 bridgehead atoms. The Hall–Kier alpha value is -1.62. The highest BCUT2D eigenvalue weighted by atomic mass is 19.1. The van der Waals surface area contributed by atoms with Gasteiger partial charge in [0.25, 0.3) is 5.91 Å². The fourth-order valence-electron chi connectivity index (χ4n) is 2.06. The number of anilines is 1. The van der Waals surface area contributed by atoms with Gasteiger partial charge >= 0.3 is 0 Å². The van der Waals surface area contributed by atoms with Crippen LogP contribution in [0.1, 0.15) is 36.5 Å². The third-order valence-corrected chi connectivity index (χ3v) is 3.73. The van der Waals surface area contributed by atoms with E-state index in [-0.39, 0.29) is 22.6 Å². The van der Waals surface area contributed by atoms with E-state index in [9.17, 15) is 9.18 Å². The van der Waals surface area contributed by atoms with Crippen LogP contribution in [0.4, 0.5) is 10.1 Å². The molecule has 1 aromatic rings. The Kier molecular flexibility index (Phi) is 3.52. The highest BCUT2D eigenvalue weighted by molar-refractivity contribution is 5.99. The van der Waals surface area contributed by atoms with Gasteiger partial charge in [-0.3, -0.25) is 10.6 Å². The van der Waals surface area contributed by atoms with Crippen LogP contribution >= 0.6 is 0 Å². The predicted molar refractivity (Wildman–Crippen MR) is 68.5 cm³/mol. The quantitative estimate of drug-likeness (QED) is 0.554. The average Bonchev–Trinajstić information content (AvgIpc) is 3.16. The van der Waals surface area contributed by atoms with Crippen molar-refractivity contribution in [3.05, 3.63) is 29.6 Å². The van der Waals surface area contributed by atoms with Crippen molar-refractivity contribution in [2.24, 2.45) is 11.3 Å². The Morgan fingerprint density at radius 3 is 2.78 bits per heavy atom. The van der Waals surface area contributed by atoms with Crippen molar-refractivity contribution in [2.75, 3.05) is 12.0 Å². The van der Waals surface area contributed by atoms with Crippen LogP contribution < -0.4 is 16.6 Å². The summed E-state index contributed by atoms with van der Waals surface area (Å²) in [6.07, 6.45) is 3.35. The first-order valence-corrected chi connectivity index (χ1v) is 6.15. The SMILES string of the molecule is CCC1(CNC(=O)c2cccc(F)c2NN)CC1. The second-order valence-electron chi connectivity index (χ2n) is 4.84. The van der Waals surface area contributed by atoms with Crippen molar-refractivity contribution in [1.82, 2.24) is 5.32 Å². The Morgan fingerprint density at radius 2 is 2.22 bits per heavy atom. The highest BCUT2D eigenvalue weighted by Gasteiger charge is 2.40. The number of benzene rings is 1. The lowest BCUT2D eigenvalue weighted by Crippen LogP contribution is -2.31. The lowest BCUT2D eigenvalue weighted by molar-refractivity contribution is 0.0945. The molecular formula is C13H18FN3O. The summed E-state index contributed by atoms with van der Waals surface area (Å²) in [5.74, 6) is 4.42. The molecule has 1 saturated carbocycles. The van der Waals surface area contributed by atoms with Gasteiger partial charge in [0.05, 0.1) is 11.3 Å². The van der Waals surface area contributed by atoms with Crippen molar-refractivity contribution < 1.29 is 9.18 Å². The van der Waals surface area contributed by atoms with E-state index in [0.717, 1.165) is 19.3 Å². The van der Waals surface area contributed by atoms with Crippen molar-refractivity contribution in [1.29, 1.82) is 0 Å². The molecule has 0 atom stereocenters. The van der Waals surface area contributed by atoms with Crippen molar-refractivity contribution in [3.63, 3.8) is 0 Å². The summed E-state index contributed by atoms with van der Waals surface area (Å²) < 4.78 is 13.4. The van der Waals surface area contributed by atoms with E-state index in [2.05, 4.69) is 17.7 Å². The first-order chi connectivity index (χ1) is 8.62. The van der Waals surface area contributed by atoms with Gasteiger partial charge in [0.1, 0.15) is 5.82 Å². The lowest BCUT2D eigenvalue weighted by Gasteiger charge is -2.15. The predicted octanol–water partition coefficient (Wildman–Crippen LogP) is 2.03. The van der Waals surface area contributed by atoms with E-state index in [0.29, 0.717) is 6.54 Å². The molecule has 1 aliphatic carbocycles. The van der Waals surface area contributed by atoms with E-state index in [1.165, 1.54) is 12.1 Å². The zero-order chi connectivity index (χ0) is 13.2. The third-order valence-electron chi connectivity index (χ3n) is 3.73. The molecule has 0 radical (unpaired) electrons. The van der Waals surface area contributed by atoms with Crippen LogP contribution in [-0.2, 0) is 0 Å². The smallest absolute Gasteiger partial charge is 0.253 e. The monoisotopic (exact) mass is 251 g/mol. The second-order valence-corrected chi connectivity index (χ2v) is 4.84. The van der Waals surface area contributed by atoms with Crippen LogP contribution in [0.5, 0.6) is 0 Å². The number of carbonyl (C=O) groups is 1. The van der Waals surface area contributed by atoms with Gasteiger partial charge in [-0.2, -0.15) is 0 Å². The van der Waals surface area contributed by atoms with Crippen molar-refractivity contribution >= 4 is 11.6 Å². The summed E-state index contributed by atoms with van der Waals surface area (Å²) >= 11 is 0. The maximum Gasteiger partial charge on any atom is 0.253 e. The van der Waals surface area contributed by atoms with Crippen LogP contribution in [0.3, 0.4) is 0 Å². The van der Waals surface area contributed by atoms with Gasteiger partial charge in [-0.15, -0.1) is 0 Å². The van der Waals surface area contributed by atoms with E-state index >= 15 is 0 Å². The number of nitrogens with one attached hydrogen (secondary N) is 2. The zero-order valence-electron chi connectivity index (χ0n) is 10.4. The molecule has 4 nitrogen and oxygen atoms in total. The largest absolute Gasteiger partial charge is 0.351 e. The first kappa shape index (κ1) is 12.8. The summed E-state index contributed by atoms with van der Waals surface area (Å²) in [6, 6.07) is 4.32. The molecule has 1 fully saturated rings. The van der Waals surface area contributed by atoms with Gasteiger partial charge in [0.15, 0.2) is 0 Å². The molecule has 98 valence electrons. The Bertz CT molecular complexity index is 458. The summed E-state index contributed by atoms with van der Waals surface area (Å²) in [5.41, 5.74) is 2.78. The third kappa shape index (κ3) is 2.46. The number of hydrazine groups is 1. The molecule has 1 aliphatic rings. The van der Waals surface area contributed by atoms with E-state index in [4.69, 9.17) is 5.84 Å². The molecular weight excluding hydrogens is 233 g/mol. The number of amides is 1. The second kappa shape index (κ2) is 4.94. The highest BCUT2D eigenvalue weighted by Crippen LogP contribution is 2.47. The molecule has 18 heavy (non-hydrogen) atoms. The summed E-state index contributed by atoms with van der Waals surface area (Å²) in [7, 11) is 0. The molecule has 0 aromatic heterocycles. The molecule has 2 rings (SSSR count). The number of nitrogens with two attached hydrogens (primary N) is 1. The van der Waals surface area contributed by atoms with Crippen molar-refractivity contribution in [2.45, 2.75) is 26.2 Å². The van der Waals surface area contributed by atoms with Gasteiger partial charge in [0.2, 0.25) is 0 Å². The normalized spacial score (nSPS) is 16.2. The van der Waals surface area contributed by atoms with Gasteiger partial charge in [-0.05, 0) is 36.8 Å². The first-order valence-electron chi connectivity index (χ1n) is 6.15. The maximum absolute atomic E-state index is 13.4. The van der Waals surface area contributed by atoms with Gasteiger partial charge in [0, 0.05) is 6.54 Å². The van der Waals surface area contributed by atoms with Crippen LogP contribution in [0.15, 0.2) is 18.2 Å². The average molecular weight is 251 g/mol. The number of para-hydroxylation sites is 1. The van der Waals surface area contributed by atoms with Crippen LogP contribution in [0.2, 0.25) is 0 Å². The lowest BCUT2D eigenvalue weighted by atomic mass is 10.0.